The molecule has 0 spiro atoms. The third-order valence-corrected chi connectivity index (χ3v) is 5.40. The van der Waals surface area contributed by atoms with Crippen LogP contribution in [0.3, 0.4) is 0 Å². The highest BCUT2D eigenvalue weighted by molar-refractivity contribution is 5.93. The predicted octanol–water partition coefficient (Wildman–Crippen LogP) is 3.60. The minimum atomic E-state index is -4.54. The molecule has 2 aliphatic heterocycles. The number of halogens is 3. The third kappa shape index (κ3) is 3.81. The van der Waals surface area contributed by atoms with Crippen LogP contribution in [-0.4, -0.2) is 33.6 Å². The van der Waals surface area contributed by atoms with Gasteiger partial charge in [0.05, 0.1) is 6.04 Å². The molecule has 1 aromatic carbocycles. The summed E-state index contributed by atoms with van der Waals surface area (Å²) in [6.45, 7) is 0.261. The van der Waals surface area contributed by atoms with Crippen LogP contribution < -0.4 is 20.1 Å². The van der Waals surface area contributed by atoms with Crippen molar-refractivity contribution in [2.45, 2.75) is 31.2 Å². The Kier molecular flexibility index (Phi) is 4.87. The van der Waals surface area contributed by atoms with Crippen molar-refractivity contribution in [3.8, 4) is 11.5 Å². The molecule has 2 aliphatic rings. The molecule has 0 saturated carbocycles. The smallest absolute Gasteiger partial charge is 0.410 e. The Bertz CT molecular complexity index is 1150. The van der Waals surface area contributed by atoms with E-state index in [2.05, 4.69) is 20.7 Å². The van der Waals surface area contributed by atoms with Gasteiger partial charge < -0.3 is 20.1 Å². The summed E-state index contributed by atoms with van der Waals surface area (Å²) in [5, 5.41) is 9.68. The van der Waals surface area contributed by atoms with Crippen LogP contribution in [0.5, 0.6) is 11.5 Å². The van der Waals surface area contributed by atoms with E-state index in [1.807, 2.05) is 0 Å². The predicted molar refractivity (Wildman–Crippen MR) is 106 cm³/mol. The Labute approximate surface area is 180 Å². The Balaban J connectivity index is 1.40. The molecule has 1 amide bonds. The number of carbonyl (C=O) groups excluding carboxylic acids is 1. The van der Waals surface area contributed by atoms with E-state index in [1.54, 1.807) is 42.7 Å². The van der Waals surface area contributed by atoms with E-state index in [1.165, 1.54) is 6.07 Å². The fourth-order valence-electron chi connectivity index (χ4n) is 3.81. The Morgan fingerprint density at radius 3 is 2.84 bits per heavy atom. The van der Waals surface area contributed by atoms with Crippen LogP contribution in [0.1, 0.15) is 40.1 Å². The number of carbonyl (C=O) groups is 1. The van der Waals surface area contributed by atoms with E-state index in [0.717, 1.165) is 10.2 Å². The van der Waals surface area contributed by atoms with Gasteiger partial charge in [0, 0.05) is 31.4 Å². The summed E-state index contributed by atoms with van der Waals surface area (Å²) in [5.74, 6) is 0.586. The zero-order chi connectivity index (χ0) is 22.3. The molecule has 0 unspecified atom stereocenters. The number of anilines is 1. The molecule has 5 rings (SSSR count). The van der Waals surface area contributed by atoms with E-state index in [0.29, 0.717) is 17.1 Å². The molecule has 0 saturated heterocycles. The van der Waals surface area contributed by atoms with E-state index >= 15 is 0 Å². The number of hydrogen-bond acceptors (Lipinski definition) is 6. The van der Waals surface area contributed by atoms with E-state index in [-0.39, 0.29) is 31.3 Å². The quantitative estimate of drug-likeness (QED) is 0.638. The van der Waals surface area contributed by atoms with Gasteiger partial charge in [0.2, 0.25) is 6.79 Å². The number of nitrogens with zero attached hydrogens (tertiary/aromatic N) is 3. The lowest BCUT2D eigenvalue weighted by Crippen LogP contribution is -2.35. The number of hydrogen-bond donors (Lipinski definition) is 2. The molecular weight excluding hydrogens is 427 g/mol. The van der Waals surface area contributed by atoms with Gasteiger partial charge in [-0.1, -0.05) is 12.1 Å². The second-order valence-electron chi connectivity index (χ2n) is 7.51. The first-order valence-corrected chi connectivity index (χ1v) is 9.88. The summed E-state index contributed by atoms with van der Waals surface area (Å²) < 4.78 is 53.1. The number of fused-ring (bicyclic) bond motifs is 2. The number of amides is 1. The molecule has 2 N–H and O–H groups in total. The van der Waals surface area contributed by atoms with Crippen molar-refractivity contribution in [1.82, 2.24) is 20.1 Å². The average Bonchev–Trinajstić information content (AvgIpc) is 3.43. The average molecular weight is 445 g/mol. The first kappa shape index (κ1) is 20.2. The Hall–Kier alpha value is -3.76. The molecule has 3 aromatic rings. The highest BCUT2D eigenvalue weighted by Gasteiger charge is 2.47. The van der Waals surface area contributed by atoms with Crippen LogP contribution in [0.2, 0.25) is 0 Å². The van der Waals surface area contributed by atoms with Gasteiger partial charge in [-0.25, -0.2) is 4.68 Å². The fourth-order valence-corrected chi connectivity index (χ4v) is 3.81. The van der Waals surface area contributed by atoms with Crippen LogP contribution in [0.25, 0.3) is 0 Å². The van der Waals surface area contributed by atoms with Crippen LogP contribution >= 0.6 is 0 Å². The Morgan fingerprint density at radius 1 is 1.22 bits per heavy atom. The second-order valence-corrected chi connectivity index (χ2v) is 7.51. The number of pyridine rings is 1. The molecule has 166 valence electrons. The third-order valence-electron chi connectivity index (χ3n) is 5.40. The van der Waals surface area contributed by atoms with Crippen molar-refractivity contribution in [2.24, 2.45) is 0 Å². The largest absolute Gasteiger partial charge is 0.454 e. The number of ether oxygens (including phenoxy) is 2. The summed E-state index contributed by atoms with van der Waals surface area (Å²) in [7, 11) is 0. The van der Waals surface area contributed by atoms with Crippen LogP contribution in [0, 0.1) is 0 Å². The maximum Gasteiger partial charge on any atom is 0.410 e. The van der Waals surface area contributed by atoms with Crippen molar-refractivity contribution in [3.05, 3.63) is 65.6 Å². The zero-order valence-electron chi connectivity index (χ0n) is 16.6. The highest BCUT2D eigenvalue weighted by Crippen LogP contribution is 2.45. The summed E-state index contributed by atoms with van der Waals surface area (Å²) in [6.07, 6.45) is -1.63. The minimum Gasteiger partial charge on any atom is -0.454 e. The lowest BCUT2D eigenvalue weighted by molar-refractivity contribution is -0.173. The molecule has 4 heterocycles. The maximum absolute atomic E-state index is 13.9. The van der Waals surface area contributed by atoms with Gasteiger partial charge >= 0.3 is 6.18 Å². The Morgan fingerprint density at radius 2 is 2.06 bits per heavy atom. The fraction of sp³-hybridized carbons (Fsp3) is 0.286. The number of aromatic nitrogens is 3. The molecule has 2 atom stereocenters. The lowest BCUT2D eigenvalue weighted by atomic mass is 9.96. The van der Waals surface area contributed by atoms with Gasteiger partial charge in [-0.05, 0) is 29.3 Å². The standard InChI is InChI=1S/C21H18F3N5O3/c22-21(23,24)18-7-14(13-3-4-16-17(6-13)32-11-31-16)27-19-8-15(28-29(18)19)20(30)26-10-12-2-1-5-25-9-12/h1-6,8-9,14,18,27H,7,10-11H2,(H,26,30)/t14-,18-/m1/s1. The zero-order valence-corrected chi connectivity index (χ0v) is 16.6. The highest BCUT2D eigenvalue weighted by atomic mass is 19.4. The van der Waals surface area contributed by atoms with Gasteiger partial charge in [-0.2, -0.15) is 18.3 Å². The molecule has 0 bridgehead atoms. The minimum absolute atomic E-state index is 0.0757. The monoisotopic (exact) mass is 445 g/mol. The lowest BCUT2D eigenvalue weighted by Gasteiger charge is -2.33. The molecule has 0 fully saturated rings. The van der Waals surface area contributed by atoms with Crippen LogP contribution in [0.15, 0.2) is 48.8 Å². The molecular formula is C21H18F3N5O3. The van der Waals surface area contributed by atoms with E-state index < -0.39 is 24.2 Å². The van der Waals surface area contributed by atoms with E-state index in [4.69, 9.17) is 9.47 Å². The molecule has 32 heavy (non-hydrogen) atoms. The van der Waals surface area contributed by atoms with Crippen molar-refractivity contribution >= 4 is 11.7 Å². The second kappa shape index (κ2) is 7.74. The first-order chi connectivity index (χ1) is 15.4. The summed E-state index contributed by atoms with van der Waals surface area (Å²) in [4.78, 5) is 16.5. The number of benzene rings is 1. The molecule has 0 aliphatic carbocycles. The summed E-state index contributed by atoms with van der Waals surface area (Å²) >= 11 is 0. The summed E-state index contributed by atoms with van der Waals surface area (Å²) in [5.41, 5.74) is 1.29. The van der Waals surface area contributed by atoms with E-state index in [9.17, 15) is 18.0 Å². The van der Waals surface area contributed by atoms with Crippen molar-refractivity contribution < 1.29 is 27.4 Å². The summed E-state index contributed by atoms with van der Waals surface area (Å²) in [6, 6.07) is 7.35. The topological polar surface area (TPSA) is 90.3 Å². The van der Waals surface area contributed by atoms with Gasteiger partial charge in [-0.3, -0.25) is 9.78 Å². The molecule has 8 nitrogen and oxygen atoms in total. The number of nitrogens with one attached hydrogen (secondary N) is 2. The number of alkyl halides is 3. The van der Waals surface area contributed by atoms with Crippen molar-refractivity contribution in [3.63, 3.8) is 0 Å². The van der Waals surface area contributed by atoms with Gasteiger partial charge in [0.15, 0.2) is 23.2 Å². The SMILES string of the molecule is O=C(NCc1cccnc1)c1cc2n(n1)[C@@H](C(F)(F)F)C[C@H](c1ccc3c(c1)OCO3)N2. The van der Waals surface area contributed by atoms with Gasteiger partial charge in [-0.15, -0.1) is 0 Å². The molecule has 0 radical (unpaired) electrons. The maximum atomic E-state index is 13.9. The van der Waals surface area contributed by atoms with Gasteiger partial charge in [0.25, 0.3) is 5.91 Å². The van der Waals surface area contributed by atoms with Crippen LogP contribution in [-0.2, 0) is 6.54 Å². The van der Waals surface area contributed by atoms with Gasteiger partial charge in [0.1, 0.15) is 5.82 Å². The normalized spacial score (nSPS) is 19.2. The van der Waals surface area contributed by atoms with Crippen LogP contribution in [0.4, 0.5) is 19.0 Å². The molecule has 2 aromatic heterocycles. The number of rotatable bonds is 4. The van der Waals surface area contributed by atoms with Crippen molar-refractivity contribution in [2.75, 3.05) is 12.1 Å². The van der Waals surface area contributed by atoms with Crippen molar-refractivity contribution in [1.29, 1.82) is 0 Å². The molecule has 11 heteroatoms. The first-order valence-electron chi connectivity index (χ1n) is 9.88.